The van der Waals surface area contributed by atoms with E-state index in [9.17, 15) is 9.90 Å². The first kappa shape index (κ1) is 18.4. The highest BCUT2D eigenvalue weighted by molar-refractivity contribution is 6.30. The summed E-state index contributed by atoms with van der Waals surface area (Å²) >= 11 is 6.10. The van der Waals surface area contributed by atoms with Gasteiger partial charge in [0.05, 0.1) is 6.04 Å². The minimum Gasteiger partial charge on any atom is -0.507 e. The number of phenolic OH excluding ortho intramolecular Hbond substituents is 1. The molecular weight excluding hydrogens is 400 g/mol. The molecule has 1 aliphatic rings. The van der Waals surface area contributed by atoms with Crippen molar-refractivity contribution in [2.75, 3.05) is 0 Å². The second-order valence-corrected chi connectivity index (χ2v) is 7.56. The molecule has 1 atom stereocenters. The predicted molar refractivity (Wildman–Crippen MR) is 113 cm³/mol. The lowest BCUT2D eigenvalue weighted by Gasteiger charge is -2.26. The maximum atomic E-state index is 13.3. The van der Waals surface area contributed by atoms with Gasteiger partial charge in [0.15, 0.2) is 0 Å². The molecule has 2 N–H and O–H groups in total. The van der Waals surface area contributed by atoms with Gasteiger partial charge in [-0.1, -0.05) is 35.9 Å². The average molecular weight is 417 g/mol. The van der Waals surface area contributed by atoms with Crippen LogP contribution in [0.15, 0.2) is 73.1 Å². The molecule has 0 radical (unpaired) electrons. The van der Waals surface area contributed by atoms with Gasteiger partial charge < -0.3 is 10.0 Å². The number of para-hydroxylation sites is 1. The molecule has 6 nitrogen and oxygen atoms in total. The number of pyridine rings is 1. The monoisotopic (exact) mass is 416 g/mol. The molecule has 148 valence electrons. The Morgan fingerprint density at radius 1 is 1.03 bits per heavy atom. The number of amides is 1. The van der Waals surface area contributed by atoms with Crippen LogP contribution < -0.4 is 0 Å². The van der Waals surface area contributed by atoms with Crippen LogP contribution in [-0.2, 0) is 6.54 Å². The van der Waals surface area contributed by atoms with Crippen LogP contribution in [-0.4, -0.2) is 31.1 Å². The molecule has 1 amide bonds. The fourth-order valence-electron chi connectivity index (χ4n) is 3.92. The van der Waals surface area contributed by atoms with E-state index in [4.69, 9.17) is 11.6 Å². The smallest absolute Gasteiger partial charge is 0.273 e. The van der Waals surface area contributed by atoms with Crippen LogP contribution in [0.2, 0.25) is 5.02 Å². The number of hydrogen-bond donors (Lipinski definition) is 2. The minimum absolute atomic E-state index is 0.113. The fourth-order valence-corrected chi connectivity index (χ4v) is 4.04. The maximum absolute atomic E-state index is 13.3. The van der Waals surface area contributed by atoms with Gasteiger partial charge in [0.2, 0.25) is 0 Å². The van der Waals surface area contributed by atoms with Crippen molar-refractivity contribution >= 4 is 17.5 Å². The minimum atomic E-state index is -0.369. The lowest BCUT2D eigenvalue weighted by atomic mass is 9.95. The van der Waals surface area contributed by atoms with Gasteiger partial charge in [0.25, 0.3) is 5.91 Å². The molecule has 0 saturated heterocycles. The topological polar surface area (TPSA) is 82.1 Å². The molecule has 0 fully saturated rings. The molecule has 30 heavy (non-hydrogen) atoms. The summed E-state index contributed by atoms with van der Waals surface area (Å²) in [5, 5.41) is 18.3. The van der Waals surface area contributed by atoms with E-state index in [1.54, 1.807) is 35.5 Å². The van der Waals surface area contributed by atoms with Crippen LogP contribution in [0.4, 0.5) is 0 Å². The van der Waals surface area contributed by atoms with Crippen molar-refractivity contribution in [3.8, 4) is 17.0 Å². The molecule has 0 unspecified atom stereocenters. The number of nitrogens with one attached hydrogen (secondary N) is 1. The molecular formula is C23H17ClN4O2. The Morgan fingerprint density at radius 3 is 2.50 bits per heavy atom. The second kappa shape index (κ2) is 7.31. The third-order valence-corrected chi connectivity index (χ3v) is 5.56. The number of nitrogens with zero attached hydrogens (tertiary/aromatic N) is 3. The molecule has 7 heteroatoms. The number of hydrogen-bond acceptors (Lipinski definition) is 4. The summed E-state index contributed by atoms with van der Waals surface area (Å²) in [6.07, 6.45) is 3.42. The largest absolute Gasteiger partial charge is 0.507 e. The van der Waals surface area contributed by atoms with Gasteiger partial charge in [-0.05, 0) is 47.5 Å². The summed E-state index contributed by atoms with van der Waals surface area (Å²) in [6, 6.07) is 17.8. The molecule has 3 heterocycles. The van der Waals surface area contributed by atoms with E-state index in [0.717, 1.165) is 16.7 Å². The Bertz CT molecular complexity index is 1220. The zero-order chi connectivity index (χ0) is 20.7. The Kier molecular flexibility index (Phi) is 4.48. The lowest BCUT2D eigenvalue weighted by Crippen LogP contribution is -2.29. The SMILES string of the molecule is O=C1c2[nH]nc(-c3ccccc3O)c2[C@@H](c2ccc(Cl)cc2)N1Cc1ccncc1. The van der Waals surface area contributed by atoms with E-state index in [1.807, 2.05) is 42.5 Å². The van der Waals surface area contributed by atoms with Crippen LogP contribution >= 0.6 is 11.6 Å². The number of carbonyl (C=O) groups excluding carboxylic acids is 1. The first-order chi connectivity index (χ1) is 14.6. The zero-order valence-corrected chi connectivity index (χ0v) is 16.5. The van der Waals surface area contributed by atoms with Crippen LogP contribution in [0.3, 0.4) is 0 Å². The Morgan fingerprint density at radius 2 is 1.77 bits per heavy atom. The first-order valence-corrected chi connectivity index (χ1v) is 9.83. The Hall–Kier alpha value is -3.64. The number of halogens is 1. The van der Waals surface area contributed by atoms with Crippen LogP contribution in [0.1, 0.15) is 33.2 Å². The van der Waals surface area contributed by atoms with Crippen molar-refractivity contribution in [1.82, 2.24) is 20.1 Å². The summed E-state index contributed by atoms with van der Waals surface area (Å²) in [7, 11) is 0. The van der Waals surface area contributed by atoms with E-state index < -0.39 is 0 Å². The Balaban J connectivity index is 1.67. The Labute approximate surface area is 177 Å². The van der Waals surface area contributed by atoms with Gasteiger partial charge >= 0.3 is 0 Å². The van der Waals surface area contributed by atoms with Crippen LogP contribution in [0, 0.1) is 0 Å². The summed E-state index contributed by atoms with van der Waals surface area (Å²) in [4.78, 5) is 19.2. The van der Waals surface area contributed by atoms with E-state index in [2.05, 4.69) is 15.2 Å². The van der Waals surface area contributed by atoms with Gasteiger partial charge in [-0.3, -0.25) is 14.9 Å². The van der Waals surface area contributed by atoms with Gasteiger partial charge in [0.1, 0.15) is 17.1 Å². The molecule has 0 spiro atoms. The number of fused-ring (bicyclic) bond motifs is 1. The zero-order valence-electron chi connectivity index (χ0n) is 15.8. The summed E-state index contributed by atoms with van der Waals surface area (Å²) < 4.78 is 0. The van der Waals surface area contributed by atoms with E-state index in [0.29, 0.717) is 28.5 Å². The molecule has 1 aliphatic heterocycles. The lowest BCUT2D eigenvalue weighted by molar-refractivity contribution is 0.0730. The molecule has 0 bridgehead atoms. The van der Waals surface area contributed by atoms with E-state index in [-0.39, 0.29) is 17.7 Å². The highest BCUT2D eigenvalue weighted by Crippen LogP contribution is 2.45. The van der Waals surface area contributed by atoms with E-state index >= 15 is 0 Å². The summed E-state index contributed by atoms with van der Waals surface area (Å²) in [6.45, 7) is 0.414. The normalized spacial score (nSPS) is 15.4. The first-order valence-electron chi connectivity index (χ1n) is 9.45. The third-order valence-electron chi connectivity index (χ3n) is 5.31. The van der Waals surface area contributed by atoms with Crippen molar-refractivity contribution in [3.05, 3.63) is 100 Å². The van der Waals surface area contributed by atoms with Crippen molar-refractivity contribution in [1.29, 1.82) is 0 Å². The van der Waals surface area contributed by atoms with Crippen LogP contribution in [0.5, 0.6) is 5.75 Å². The van der Waals surface area contributed by atoms with Crippen molar-refractivity contribution in [2.45, 2.75) is 12.6 Å². The standard InChI is InChI=1S/C23H17ClN4O2/c24-16-7-5-15(6-8-16)22-19-20(17-3-1-2-4-18(17)29)26-27-21(19)23(30)28(22)13-14-9-11-25-12-10-14/h1-12,22,29H,13H2,(H,26,27)/t22-/m1/s1. The van der Waals surface area contributed by atoms with Gasteiger partial charge in [-0.15, -0.1) is 0 Å². The number of aromatic nitrogens is 3. The number of phenols is 1. The number of aromatic amines is 1. The second-order valence-electron chi connectivity index (χ2n) is 7.12. The molecule has 2 aromatic heterocycles. The van der Waals surface area contributed by atoms with Gasteiger partial charge in [-0.25, -0.2) is 0 Å². The van der Waals surface area contributed by atoms with Crippen LogP contribution in [0.25, 0.3) is 11.3 Å². The van der Waals surface area contributed by atoms with E-state index in [1.165, 1.54) is 0 Å². The predicted octanol–water partition coefficient (Wildman–Crippen LogP) is 4.58. The highest BCUT2D eigenvalue weighted by Gasteiger charge is 2.42. The number of aromatic hydroxyl groups is 1. The van der Waals surface area contributed by atoms with Crippen molar-refractivity contribution < 1.29 is 9.90 Å². The molecule has 4 aromatic rings. The number of rotatable bonds is 4. The fraction of sp³-hybridized carbons (Fsp3) is 0.0870. The maximum Gasteiger partial charge on any atom is 0.273 e. The molecule has 0 saturated carbocycles. The van der Waals surface area contributed by atoms with Gasteiger partial charge in [-0.2, -0.15) is 5.10 Å². The molecule has 2 aromatic carbocycles. The number of H-pyrrole nitrogens is 1. The molecule has 5 rings (SSSR count). The average Bonchev–Trinajstić information content (AvgIpc) is 3.30. The van der Waals surface area contributed by atoms with Crippen molar-refractivity contribution in [3.63, 3.8) is 0 Å². The summed E-state index contributed by atoms with van der Waals surface area (Å²) in [5.41, 5.74) is 4.21. The number of benzene rings is 2. The summed E-state index contributed by atoms with van der Waals surface area (Å²) in [5.74, 6) is -0.0300. The van der Waals surface area contributed by atoms with Crippen molar-refractivity contribution in [2.24, 2.45) is 0 Å². The quantitative estimate of drug-likeness (QED) is 0.510. The highest BCUT2D eigenvalue weighted by atomic mass is 35.5. The molecule has 0 aliphatic carbocycles. The number of carbonyl (C=O) groups is 1. The van der Waals surface area contributed by atoms with Gasteiger partial charge in [0, 0.05) is 35.1 Å². The third kappa shape index (κ3) is 3.02.